The third kappa shape index (κ3) is 1.88. The van der Waals surface area contributed by atoms with Crippen molar-refractivity contribution in [3.63, 3.8) is 0 Å². The molecule has 1 saturated heterocycles. The van der Waals surface area contributed by atoms with Crippen molar-refractivity contribution in [3.8, 4) is 6.07 Å². The van der Waals surface area contributed by atoms with Gasteiger partial charge in [0, 0.05) is 6.04 Å². The number of aliphatic hydroxyl groups is 1. The molecule has 6 rings (SSSR count). The molecule has 1 heterocycles. The van der Waals surface area contributed by atoms with E-state index in [0.29, 0.717) is 24.2 Å². The van der Waals surface area contributed by atoms with Crippen LogP contribution < -0.4 is 5.73 Å². The Morgan fingerprint density at radius 3 is 2.52 bits per heavy atom. The van der Waals surface area contributed by atoms with Gasteiger partial charge in [-0.3, -0.25) is 4.79 Å². The van der Waals surface area contributed by atoms with Gasteiger partial charge < -0.3 is 15.7 Å². The van der Waals surface area contributed by atoms with E-state index in [4.69, 9.17) is 5.73 Å². The number of carbonyl (C=O) groups is 1. The fourth-order valence-electron chi connectivity index (χ4n) is 6.96. The Kier molecular flexibility index (Phi) is 2.65. The van der Waals surface area contributed by atoms with Crippen LogP contribution in [0.1, 0.15) is 51.4 Å². The predicted octanol–water partition coefficient (Wildman–Crippen LogP) is 1.16. The number of piperidine rings is 1. The van der Waals surface area contributed by atoms with Crippen LogP contribution >= 0.6 is 0 Å². The summed E-state index contributed by atoms with van der Waals surface area (Å²) >= 11 is 0. The summed E-state index contributed by atoms with van der Waals surface area (Å²) in [5.41, 5.74) is 5.71. The lowest BCUT2D eigenvalue weighted by Crippen LogP contribution is -2.64. The average Bonchev–Trinajstić information content (AvgIpc) is 3.14. The van der Waals surface area contributed by atoms with E-state index >= 15 is 0 Å². The molecule has 5 heteroatoms. The van der Waals surface area contributed by atoms with Crippen LogP contribution in [0.15, 0.2) is 0 Å². The lowest BCUT2D eigenvalue weighted by Gasteiger charge is -2.61. The first-order valence-electron chi connectivity index (χ1n) is 9.13. The van der Waals surface area contributed by atoms with Crippen LogP contribution in [0.5, 0.6) is 0 Å². The first-order valence-corrected chi connectivity index (χ1v) is 9.13. The lowest BCUT2D eigenvalue weighted by atomic mass is 9.46. The maximum Gasteiger partial charge on any atom is 0.241 e. The van der Waals surface area contributed by atoms with Crippen molar-refractivity contribution in [3.05, 3.63) is 0 Å². The van der Waals surface area contributed by atoms with E-state index in [0.717, 1.165) is 38.5 Å². The third-order valence-electron chi connectivity index (χ3n) is 7.51. The molecule has 0 spiro atoms. The number of rotatable bonds is 2. The first kappa shape index (κ1) is 14.2. The monoisotopic (exact) mass is 315 g/mol. The molecule has 23 heavy (non-hydrogen) atoms. The van der Waals surface area contributed by atoms with Crippen LogP contribution in [0.25, 0.3) is 0 Å². The van der Waals surface area contributed by atoms with E-state index in [2.05, 4.69) is 6.07 Å². The standard InChI is InChI=1S/C18H25N3O2/c19-8-13-2-12-3-14(12)21(13)16(22)15(20)17-4-10-1-11(5-17)7-18(23,6-10)9-17/h10-15,23H,1-7,9,20H2/t10-,11+,12-,13?,14-,15-,17?,18?/m1/s1. The molecule has 4 bridgehead atoms. The number of likely N-dealkylation sites (tertiary alicyclic amines) is 1. The van der Waals surface area contributed by atoms with Gasteiger partial charge in [-0.2, -0.15) is 5.26 Å². The van der Waals surface area contributed by atoms with Crippen molar-refractivity contribution in [2.24, 2.45) is 28.9 Å². The highest BCUT2D eigenvalue weighted by molar-refractivity contribution is 5.84. The highest BCUT2D eigenvalue weighted by Crippen LogP contribution is 2.63. The molecule has 1 aliphatic heterocycles. The maximum atomic E-state index is 13.1. The number of nitrogens with two attached hydrogens (primary N) is 1. The van der Waals surface area contributed by atoms with Crippen LogP contribution in [-0.4, -0.2) is 39.6 Å². The van der Waals surface area contributed by atoms with Gasteiger partial charge in [0.1, 0.15) is 6.04 Å². The quantitative estimate of drug-likeness (QED) is 0.800. The lowest BCUT2D eigenvalue weighted by molar-refractivity contribution is -0.177. The molecular weight excluding hydrogens is 290 g/mol. The summed E-state index contributed by atoms with van der Waals surface area (Å²) in [4.78, 5) is 14.9. The molecule has 3 unspecified atom stereocenters. The summed E-state index contributed by atoms with van der Waals surface area (Å²) in [6.07, 6.45) is 7.48. The number of fused-ring (bicyclic) bond motifs is 1. The van der Waals surface area contributed by atoms with E-state index in [9.17, 15) is 15.2 Å². The molecule has 0 aromatic heterocycles. The minimum absolute atomic E-state index is 0.0212. The molecule has 1 amide bonds. The first-order chi connectivity index (χ1) is 10.9. The topological polar surface area (TPSA) is 90.4 Å². The second kappa shape index (κ2) is 4.29. The van der Waals surface area contributed by atoms with Gasteiger partial charge in [0.05, 0.1) is 17.7 Å². The molecule has 3 N–H and O–H groups in total. The molecule has 0 aromatic rings. The van der Waals surface area contributed by atoms with Gasteiger partial charge in [-0.1, -0.05) is 0 Å². The number of nitrogens with zero attached hydrogens (tertiary/aromatic N) is 2. The summed E-state index contributed by atoms with van der Waals surface area (Å²) in [5, 5.41) is 20.2. The zero-order chi connectivity index (χ0) is 16.0. The number of nitriles is 1. The fourth-order valence-corrected chi connectivity index (χ4v) is 6.96. The summed E-state index contributed by atoms with van der Waals surface area (Å²) in [6, 6.07) is 1.72. The second-order valence-electron chi connectivity index (χ2n) is 9.21. The van der Waals surface area contributed by atoms with Crippen molar-refractivity contribution in [1.82, 2.24) is 4.90 Å². The molecule has 124 valence electrons. The Morgan fingerprint density at radius 1 is 1.22 bits per heavy atom. The van der Waals surface area contributed by atoms with E-state index in [1.54, 1.807) is 4.90 Å². The fraction of sp³-hybridized carbons (Fsp3) is 0.889. The smallest absolute Gasteiger partial charge is 0.241 e. The SMILES string of the molecule is N#CC1C[C@@H]2C[C@H]2N1C(=O)[C@@H](N)C12C[C@@H]3C[C@@H](CC(O)(C3)C1)C2. The van der Waals surface area contributed by atoms with E-state index in [1.165, 1.54) is 6.42 Å². The summed E-state index contributed by atoms with van der Waals surface area (Å²) in [5.74, 6) is 1.56. The predicted molar refractivity (Wildman–Crippen MR) is 82.8 cm³/mol. The Balaban J connectivity index is 1.43. The van der Waals surface area contributed by atoms with Crippen molar-refractivity contribution in [2.45, 2.75) is 75.1 Å². The number of hydrogen-bond acceptors (Lipinski definition) is 4. The average molecular weight is 315 g/mol. The van der Waals surface area contributed by atoms with Crippen LogP contribution in [0, 0.1) is 34.5 Å². The zero-order valence-corrected chi connectivity index (χ0v) is 13.4. The summed E-state index contributed by atoms with van der Waals surface area (Å²) < 4.78 is 0. The molecule has 0 aromatic carbocycles. The molecular formula is C18H25N3O2. The highest BCUT2D eigenvalue weighted by atomic mass is 16.3. The van der Waals surface area contributed by atoms with Gasteiger partial charge in [0.25, 0.3) is 0 Å². The number of carbonyl (C=O) groups excluding carboxylic acids is 1. The van der Waals surface area contributed by atoms with E-state index < -0.39 is 11.6 Å². The zero-order valence-electron chi connectivity index (χ0n) is 13.4. The summed E-state index contributed by atoms with van der Waals surface area (Å²) in [7, 11) is 0. The van der Waals surface area contributed by atoms with Crippen LogP contribution in [0.4, 0.5) is 0 Å². The summed E-state index contributed by atoms with van der Waals surface area (Å²) in [6.45, 7) is 0. The molecule has 5 nitrogen and oxygen atoms in total. The molecule has 8 atom stereocenters. The number of amides is 1. The van der Waals surface area contributed by atoms with Gasteiger partial charge in [-0.15, -0.1) is 0 Å². The highest BCUT2D eigenvalue weighted by Gasteiger charge is 2.62. The molecule has 6 fully saturated rings. The Labute approximate surface area is 136 Å². The van der Waals surface area contributed by atoms with Gasteiger partial charge in [-0.05, 0) is 74.5 Å². The Hall–Kier alpha value is -1.12. The molecule has 0 radical (unpaired) electrons. The normalized spacial score (nSPS) is 53.8. The van der Waals surface area contributed by atoms with Gasteiger partial charge in [-0.25, -0.2) is 0 Å². The molecule has 5 saturated carbocycles. The second-order valence-corrected chi connectivity index (χ2v) is 9.21. The number of hydrogen-bond donors (Lipinski definition) is 2. The Morgan fingerprint density at radius 2 is 1.91 bits per heavy atom. The van der Waals surface area contributed by atoms with Crippen LogP contribution in [-0.2, 0) is 4.79 Å². The molecule has 5 aliphatic carbocycles. The van der Waals surface area contributed by atoms with Crippen molar-refractivity contribution >= 4 is 5.91 Å². The van der Waals surface area contributed by atoms with E-state index in [1.807, 2.05) is 0 Å². The maximum absolute atomic E-state index is 13.1. The minimum Gasteiger partial charge on any atom is -0.390 e. The van der Waals surface area contributed by atoms with Crippen LogP contribution in [0.2, 0.25) is 0 Å². The van der Waals surface area contributed by atoms with Gasteiger partial charge in [0.15, 0.2) is 0 Å². The van der Waals surface area contributed by atoms with Crippen molar-refractivity contribution in [1.29, 1.82) is 5.26 Å². The van der Waals surface area contributed by atoms with E-state index in [-0.39, 0.29) is 23.4 Å². The van der Waals surface area contributed by atoms with Gasteiger partial charge >= 0.3 is 0 Å². The Bertz CT molecular complexity index is 598. The van der Waals surface area contributed by atoms with Gasteiger partial charge in [0.2, 0.25) is 5.91 Å². The third-order valence-corrected chi connectivity index (χ3v) is 7.51. The molecule has 6 aliphatic rings. The van der Waals surface area contributed by atoms with Crippen LogP contribution in [0.3, 0.4) is 0 Å². The van der Waals surface area contributed by atoms with Crippen molar-refractivity contribution < 1.29 is 9.90 Å². The largest absolute Gasteiger partial charge is 0.390 e. The minimum atomic E-state index is -0.594. The van der Waals surface area contributed by atoms with Crippen molar-refractivity contribution in [2.75, 3.05) is 0 Å².